The number of rotatable bonds is 0. The van der Waals surface area contributed by atoms with Gasteiger partial charge < -0.3 is 4.40 Å². The second-order valence-corrected chi connectivity index (χ2v) is 4.10. The summed E-state index contributed by atoms with van der Waals surface area (Å²) in [6.45, 7) is 1.99. The number of nitrogens with zero attached hydrogens (tertiary/aromatic N) is 2. The van der Waals surface area contributed by atoms with Crippen molar-refractivity contribution in [2.24, 2.45) is 0 Å². The molecule has 74 valence electrons. The lowest BCUT2D eigenvalue weighted by atomic mass is 10.2. The Balaban J connectivity index is 2.53. The Morgan fingerprint density at radius 1 is 1.27 bits per heavy atom. The third kappa shape index (κ3) is 1.29. The molecule has 3 aromatic rings. The van der Waals surface area contributed by atoms with Crippen molar-refractivity contribution in [3.63, 3.8) is 0 Å². The van der Waals surface area contributed by atoms with Gasteiger partial charge in [0.1, 0.15) is 5.65 Å². The fourth-order valence-corrected chi connectivity index (χ4v) is 2.05. The zero-order chi connectivity index (χ0) is 10.4. The molecule has 0 fully saturated rings. The van der Waals surface area contributed by atoms with Crippen LogP contribution in [0.2, 0.25) is 5.02 Å². The van der Waals surface area contributed by atoms with E-state index >= 15 is 0 Å². The summed E-state index contributed by atoms with van der Waals surface area (Å²) in [5.41, 5.74) is 2.01. The lowest BCUT2D eigenvalue weighted by molar-refractivity contribution is 1.20. The maximum Gasteiger partial charge on any atom is 0.144 e. The Kier molecular flexibility index (Phi) is 1.73. The topological polar surface area (TPSA) is 17.3 Å². The number of aryl methyl sites for hydroxylation is 1. The zero-order valence-electron chi connectivity index (χ0n) is 8.24. The Hall–Kier alpha value is -1.54. The Morgan fingerprint density at radius 2 is 2.13 bits per heavy atom. The van der Waals surface area contributed by atoms with Crippen molar-refractivity contribution in [3.05, 3.63) is 47.4 Å². The van der Waals surface area contributed by atoms with E-state index in [9.17, 15) is 0 Å². The van der Waals surface area contributed by atoms with E-state index in [1.54, 1.807) is 0 Å². The van der Waals surface area contributed by atoms with Crippen LogP contribution in [0.5, 0.6) is 0 Å². The lowest BCUT2D eigenvalue weighted by Crippen LogP contribution is -1.84. The smallest absolute Gasteiger partial charge is 0.144 e. The van der Waals surface area contributed by atoms with Gasteiger partial charge in [0, 0.05) is 22.8 Å². The molecule has 0 spiro atoms. The Bertz CT molecular complexity index is 655. The molecule has 2 nitrogen and oxygen atoms in total. The van der Waals surface area contributed by atoms with Crippen LogP contribution < -0.4 is 0 Å². The molecule has 0 aliphatic rings. The number of pyridine rings is 1. The summed E-state index contributed by atoms with van der Waals surface area (Å²) in [6, 6.07) is 7.92. The van der Waals surface area contributed by atoms with Crippen molar-refractivity contribution in [2.75, 3.05) is 0 Å². The number of fused-ring (bicyclic) bond motifs is 3. The summed E-state index contributed by atoms with van der Waals surface area (Å²) >= 11 is 5.95. The molecule has 0 radical (unpaired) electrons. The molecular formula is C12H9ClN2. The first-order valence-electron chi connectivity index (χ1n) is 4.77. The molecule has 3 rings (SSSR count). The van der Waals surface area contributed by atoms with Crippen molar-refractivity contribution in [1.29, 1.82) is 0 Å². The van der Waals surface area contributed by atoms with E-state index in [1.165, 1.54) is 0 Å². The number of benzene rings is 1. The van der Waals surface area contributed by atoms with E-state index in [0.29, 0.717) is 0 Å². The first-order valence-corrected chi connectivity index (χ1v) is 5.15. The van der Waals surface area contributed by atoms with Crippen LogP contribution in [-0.4, -0.2) is 9.38 Å². The number of hydrogen-bond donors (Lipinski definition) is 0. The summed E-state index contributed by atoms with van der Waals surface area (Å²) in [4.78, 5) is 4.49. The van der Waals surface area contributed by atoms with Crippen molar-refractivity contribution < 1.29 is 0 Å². The molecule has 2 aromatic heterocycles. The second-order valence-electron chi connectivity index (χ2n) is 3.66. The average Bonchev–Trinajstić information content (AvgIpc) is 2.58. The van der Waals surface area contributed by atoms with Crippen LogP contribution in [0.15, 0.2) is 36.7 Å². The van der Waals surface area contributed by atoms with Gasteiger partial charge in [-0.05, 0) is 36.6 Å². The first-order chi connectivity index (χ1) is 7.24. The first kappa shape index (κ1) is 8.74. The highest BCUT2D eigenvalue weighted by atomic mass is 35.5. The quantitative estimate of drug-likeness (QED) is 0.563. The number of aromatic nitrogens is 2. The maximum absolute atomic E-state index is 5.95. The molecule has 0 atom stereocenters. The van der Waals surface area contributed by atoms with E-state index in [-0.39, 0.29) is 0 Å². The molecule has 0 bridgehead atoms. The van der Waals surface area contributed by atoms with Crippen LogP contribution in [0.25, 0.3) is 16.4 Å². The van der Waals surface area contributed by atoms with Gasteiger partial charge in [-0.15, -0.1) is 0 Å². The highest BCUT2D eigenvalue weighted by Gasteiger charge is 2.03. The van der Waals surface area contributed by atoms with Gasteiger partial charge in [-0.3, -0.25) is 0 Å². The predicted octanol–water partition coefficient (Wildman–Crippen LogP) is 3.45. The van der Waals surface area contributed by atoms with Gasteiger partial charge in [0.15, 0.2) is 0 Å². The minimum Gasteiger partial charge on any atom is -0.306 e. The Morgan fingerprint density at radius 3 is 3.00 bits per heavy atom. The molecule has 0 amide bonds. The fraction of sp³-hybridized carbons (Fsp3) is 0.0833. The highest BCUT2D eigenvalue weighted by Crippen LogP contribution is 2.22. The van der Waals surface area contributed by atoms with Gasteiger partial charge in [0.2, 0.25) is 0 Å². The van der Waals surface area contributed by atoms with Gasteiger partial charge in [-0.2, -0.15) is 0 Å². The van der Waals surface area contributed by atoms with Crippen molar-refractivity contribution >= 4 is 28.0 Å². The third-order valence-electron chi connectivity index (χ3n) is 2.52. The van der Waals surface area contributed by atoms with Gasteiger partial charge in [-0.1, -0.05) is 11.6 Å². The molecule has 0 aliphatic carbocycles. The lowest BCUT2D eigenvalue weighted by Gasteiger charge is -2.00. The highest BCUT2D eigenvalue weighted by molar-refractivity contribution is 6.31. The summed E-state index contributed by atoms with van der Waals surface area (Å²) in [7, 11) is 0. The zero-order valence-corrected chi connectivity index (χ0v) is 8.99. The van der Waals surface area contributed by atoms with Crippen LogP contribution in [0.1, 0.15) is 5.69 Å². The van der Waals surface area contributed by atoms with Crippen LogP contribution in [-0.2, 0) is 0 Å². The standard InChI is InChI=1S/C12H9ClN2/c1-8-7-15-5-4-9-6-10(13)2-3-11(9)12(15)14-8/h2-7H,1H3. The minimum atomic E-state index is 0.759. The maximum atomic E-state index is 5.95. The molecule has 3 heteroatoms. The van der Waals surface area contributed by atoms with Gasteiger partial charge in [-0.25, -0.2) is 4.98 Å². The van der Waals surface area contributed by atoms with E-state index < -0.39 is 0 Å². The largest absolute Gasteiger partial charge is 0.306 e. The molecule has 0 N–H and O–H groups in total. The van der Waals surface area contributed by atoms with Gasteiger partial charge >= 0.3 is 0 Å². The van der Waals surface area contributed by atoms with Crippen LogP contribution in [0.4, 0.5) is 0 Å². The molecule has 1 aromatic carbocycles. The minimum absolute atomic E-state index is 0.759. The molecule has 0 aliphatic heterocycles. The molecule has 2 heterocycles. The summed E-state index contributed by atoms with van der Waals surface area (Å²) in [5.74, 6) is 0. The van der Waals surface area contributed by atoms with Crippen LogP contribution >= 0.6 is 11.6 Å². The summed E-state index contributed by atoms with van der Waals surface area (Å²) < 4.78 is 2.03. The fourth-order valence-electron chi connectivity index (χ4n) is 1.86. The predicted molar refractivity (Wildman–Crippen MR) is 62.4 cm³/mol. The molecule has 0 saturated carbocycles. The summed E-state index contributed by atoms with van der Waals surface area (Å²) in [5, 5.41) is 3.02. The second kappa shape index (κ2) is 2.97. The average molecular weight is 217 g/mol. The van der Waals surface area contributed by atoms with E-state index in [4.69, 9.17) is 11.6 Å². The van der Waals surface area contributed by atoms with E-state index in [0.717, 1.165) is 27.1 Å². The summed E-state index contributed by atoms with van der Waals surface area (Å²) in [6.07, 6.45) is 4.03. The molecule has 0 saturated heterocycles. The van der Waals surface area contributed by atoms with E-state index in [1.807, 2.05) is 41.9 Å². The third-order valence-corrected chi connectivity index (χ3v) is 2.76. The van der Waals surface area contributed by atoms with E-state index in [2.05, 4.69) is 11.1 Å². The Labute approximate surface area is 92.1 Å². The van der Waals surface area contributed by atoms with Crippen LogP contribution in [0, 0.1) is 6.92 Å². The van der Waals surface area contributed by atoms with Gasteiger partial charge in [0.25, 0.3) is 0 Å². The molecular weight excluding hydrogens is 208 g/mol. The normalized spacial score (nSPS) is 11.3. The SMILES string of the molecule is Cc1cn2ccc3cc(Cl)ccc3c2n1. The monoisotopic (exact) mass is 216 g/mol. The van der Waals surface area contributed by atoms with Crippen molar-refractivity contribution in [2.45, 2.75) is 6.92 Å². The molecule has 0 unspecified atom stereocenters. The number of halogens is 1. The number of hydrogen-bond acceptors (Lipinski definition) is 1. The van der Waals surface area contributed by atoms with Gasteiger partial charge in [0.05, 0.1) is 5.69 Å². The van der Waals surface area contributed by atoms with Crippen molar-refractivity contribution in [1.82, 2.24) is 9.38 Å². The van der Waals surface area contributed by atoms with Crippen LogP contribution in [0.3, 0.4) is 0 Å². The van der Waals surface area contributed by atoms with Crippen molar-refractivity contribution in [3.8, 4) is 0 Å². The molecule has 15 heavy (non-hydrogen) atoms. The number of imidazole rings is 1.